The Morgan fingerprint density at radius 2 is 1.78 bits per heavy atom. The number of hydrogen-bond acceptors (Lipinski definition) is 9. The van der Waals surface area contributed by atoms with E-state index in [1.165, 1.54) is 11.3 Å². The molecule has 3 heterocycles. The van der Waals surface area contributed by atoms with Gasteiger partial charge in [-0.05, 0) is 56.3 Å². The molecule has 0 spiro atoms. The Hall–Kier alpha value is -4.02. The monoisotopic (exact) mass is 514 g/mol. The van der Waals surface area contributed by atoms with Crippen LogP contribution in [0.1, 0.15) is 27.2 Å². The third-order valence-corrected chi connectivity index (χ3v) is 7.55. The first-order valence-corrected chi connectivity index (χ1v) is 12.7. The van der Waals surface area contributed by atoms with Crippen LogP contribution in [-0.2, 0) is 0 Å². The number of nitrogens with zero attached hydrogens (tertiary/aromatic N) is 4. The highest BCUT2D eigenvalue weighted by Crippen LogP contribution is 2.33. The van der Waals surface area contributed by atoms with Gasteiger partial charge in [0, 0.05) is 16.6 Å². The lowest BCUT2D eigenvalue weighted by Crippen LogP contribution is -2.30. The van der Waals surface area contributed by atoms with Gasteiger partial charge in [0.1, 0.15) is 9.53 Å². The summed E-state index contributed by atoms with van der Waals surface area (Å²) in [5, 5.41) is 5.44. The third kappa shape index (κ3) is 4.48. The molecule has 0 saturated heterocycles. The maximum absolute atomic E-state index is 13.4. The van der Waals surface area contributed by atoms with Crippen molar-refractivity contribution in [3.05, 3.63) is 93.4 Å². The van der Waals surface area contributed by atoms with Crippen molar-refractivity contribution in [2.45, 2.75) is 25.9 Å². The molecule has 5 aromatic rings. The number of nitrogens with one attached hydrogen (secondary N) is 1. The molecule has 3 aromatic heterocycles. The second-order valence-electron chi connectivity index (χ2n) is 8.30. The molecule has 0 aliphatic heterocycles. The van der Waals surface area contributed by atoms with Crippen LogP contribution in [0.25, 0.3) is 20.4 Å². The van der Waals surface area contributed by atoms with Gasteiger partial charge in [-0.15, -0.1) is 11.3 Å². The Balaban J connectivity index is 1.61. The smallest absolute Gasteiger partial charge is 0.290 e. The molecule has 3 N–H and O–H groups in total. The number of Topliss-reactive ketones (excluding diaryl/α,β-unsaturated/α-hetero) is 1. The van der Waals surface area contributed by atoms with Gasteiger partial charge in [0.05, 0.1) is 11.2 Å². The molecule has 180 valence electrons. The van der Waals surface area contributed by atoms with E-state index in [0.29, 0.717) is 21.5 Å². The predicted molar refractivity (Wildman–Crippen MR) is 148 cm³/mol. The lowest BCUT2D eigenvalue weighted by atomic mass is 10.1. The molecule has 0 aliphatic rings. The van der Waals surface area contributed by atoms with E-state index in [1.54, 1.807) is 24.3 Å². The van der Waals surface area contributed by atoms with Gasteiger partial charge < -0.3 is 5.84 Å². The fourth-order valence-corrected chi connectivity index (χ4v) is 5.72. The molecule has 8 nitrogen and oxygen atoms in total. The number of thiophene rings is 1. The van der Waals surface area contributed by atoms with Crippen LogP contribution in [-0.4, -0.2) is 25.5 Å². The van der Waals surface area contributed by atoms with Gasteiger partial charge in [-0.25, -0.2) is 14.6 Å². The van der Waals surface area contributed by atoms with Crippen molar-refractivity contribution < 1.29 is 4.79 Å². The summed E-state index contributed by atoms with van der Waals surface area (Å²) in [4.78, 5) is 36.6. The maximum Gasteiger partial charge on any atom is 0.290 e. The summed E-state index contributed by atoms with van der Waals surface area (Å²) in [6, 6.07) is 18.4. The highest BCUT2D eigenvalue weighted by molar-refractivity contribution is 8.15. The first kappa shape index (κ1) is 23.7. The second kappa shape index (κ2) is 9.56. The average molecular weight is 515 g/mol. The molecule has 0 saturated carbocycles. The summed E-state index contributed by atoms with van der Waals surface area (Å²) in [6.45, 7) is 5.86. The van der Waals surface area contributed by atoms with Crippen molar-refractivity contribution >= 4 is 60.0 Å². The van der Waals surface area contributed by atoms with Gasteiger partial charge in [0.2, 0.25) is 5.78 Å². The average Bonchev–Trinajstić information content (AvgIpc) is 3.24. The molecule has 10 heteroatoms. The van der Waals surface area contributed by atoms with Crippen molar-refractivity contribution in [1.82, 2.24) is 14.6 Å². The van der Waals surface area contributed by atoms with Crippen molar-refractivity contribution in [1.29, 1.82) is 0 Å². The number of carbonyl (C=O) groups is 1. The minimum atomic E-state index is -0.402. The number of rotatable bonds is 5. The topological polar surface area (TPSA) is 115 Å². The van der Waals surface area contributed by atoms with Crippen LogP contribution in [0.3, 0.4) is 0 Å². The maximum atomic E-state index is 13.4. The normalized spacial score (nSPS) is 11.8. The summed E-state index contributed by atoms with van der Waals surface area (Å²) < 4.78 is 1.38. The van der Waals surface area contributed by atoms with E-state index >= 15 is 0 Å². The van der Waals surface area contributed by atoms with Gasteiger partial charge in [-0.2, -0.15) is 5.10 Å². The first-order valence-electron chi connectivity index (χ1n) is 11.1. The summed E-state index contributed by atoms with van der Waals surface area (Å²) in [5.41, 5.74) is 7.16. The zero-order valence-electron chi connectivity index (χ0n) is 19.8. The highest BCUT2D eigenvalue weighted by Gasteiger charge is 2.22. The highest BCUT2D eigenvalue weighted by atomic mass is 32.2. The lowest BCUT2D eigenvalue weighted by molar-refractivity contribution is 0.106. The van der Waals surface area contributed by atoms with Crippen LogP contribution in [0.15, 0.2) is 75.7 Å². The number of hydrazone groups is 1. The van der Waals surface area contributed by atoms with Gasteiger partial charge >= 0.3 is 0 Å². The van der Waals surface area contributed by atoms with Crippen molar-refractivity contribution in [2.24, 2.45) is 5.10 Å². The molecular weight excluding hydrogens is 492 g/mol. The van der Waals surface area contributed by atoms with Gasteiger partial charge in [0.25, 0.3) is 5.56 Å². The van der Waals surface area contributed by atoms with Gasteiger partial charge in [-0.3, -0.25) is 15.0 Å². The first-order chi connectivity index (χ1) is 17.3. The van der Waals surface area contributed by atoms with E-state index in [1.807, 2.05) is 57.2 Å². The minimum Gasteiger partial charge on any atom is -0.334 e. The van der Waals surface area contributed by atoms with Gasteiger partial charge in [-0.1, -0.05) is 48.0 Å². The number of fused-ring (bicyclic) bond motifs is 3. The number of ketones is 1. The number of thioether (sulfide) groups is 1. The van der Waals surface area contributed by atoms with Crippen LogP contribution < -0.4 is 16.8 Å². The number of aryl methyl sites for hydroxylation is 3. The Morgan fingerprint density at radius 3 is 2.50 bits per heavy atom. The van der Waals surface area contributed by atoms with Crippen LogP contribution in [0.4, 0.5) is 5.69 Å². The van der Waals surface area contributed by atoms with E-state index in [0.717, 1.165) is 43.5 Å². The number of nitrogens with two attached hydrogens (primary N) is 1. The lowest BCUT2D eigenvalue weighted by Gasteiger charge is -2.10. The van der Waals surface area contributed by atoms with Crippen LogP contribution in [0.5, 0.6) is 0 Å². The molecule has 0 aliphatic carbocycles. The Morgan fingerprint density at radius 1 is 1.06 bits per heavy atom. The number of aromatic nitrogens is 3. The predicted octanol–water partition coefficient (Wildman–Crippen LogP) is 5.05. The minimum absolute atomic E-state index is 0.0949. The molecule has 5 rings (SSSR count). The largest absolute Gasteiger partial charge is 0.334 e. The number of pyridine rings is 1. The molecule has 0 atom stereocenters. The zero-order chi connectivity index (χ0) is 25.4. The Bertz CT molecular complexity index is 1710. The molecule has 0 bridgehead atoms. The quantitative estimate of drug-likeness (QED) is 0.0642. The van der Waals surface area contributed by atoms with Crippen LogP contribution in [0, 0.1) is 20.8 Å². The molecule has 0 radical (unpaired) electrons. The Labute approximate surface area is 214 Å². The number of nitrogen functional groups attached to an aromatic ring is 1. The molecule has 0 fully saturated rings. The molecule has 2 aromatic carbocycles. The zero-order valence-corrected chi connectivity index (χ0v) is 21.4. The van der Waals surface area contributed by atoms with Gasteiger partial charge in [0.15, 0.2) is 10.2 Å². The number of hydrogen-bond donors (Lipinski definition) is 2. The number of benzene rings is 2. The van der Waals surface area contributed by atoms with E-state index in [4.69, 9.17) is 10.8 Å². The Kier molecular flexibility index (Phi) is 6.29. The fraction of sp³-hybridized carbons (Fsp3) is 0.115. The summed E-state index contributed by atoms with van der Waals surface area (Å²) in [7, 11) is 0. The summed E-state index contributed by atoms with van der Waals surface area (Å²) in [6.07, 6.45) is 0. The van der Waals surface area contributed by atoms with E-state index in [2.05, 4.69) is 15.5 Å². The van der Waals surface area contributed by atoms with E-state index < -0.39 is 5.56 Å². The van der Waals surface area contributed by atoms with Crippen LogP contribution in [0.2, 0.25) is 0 Å². The summed E-state index contributed by atoms with van der Waals surface area (Å²) in [5.74, 6) is 5.85. The standard InChI is InChI=1S/C26H22N6O2S2/c1-14-9-11-18(12-10-14)30-31-24(21(33)17-7-5-4-6-8-17)36-26-29-20-19-15(2)13-16(3)28-23(19)35-22(20)25(34)32(26)27/h4-13,30H,27H2,1-3H3/b31-24+. The van der Waals surface area contributed by atoms with Crippen molar-refractivity contribution in [3.63, 3.8) is 0 Å². The number of anilines is 1. The fourth-order valence-electron chi connectivity index (χ4n) is 3.76. The second-order valence-corrected chi connectivity index (χ2v) is 10.3. The molecule has 0 unspecified atom stereocenters. The van der Waals surface area contributed by atoms with E-state index in [9.17, 15) is 9.59 Å². The van der Waals surface area contributed by atoms with Crippen molar-refractivity contribution in [2.75, 3.05) is 11.3 Å². The SMILES string of the molecule is Cc1ccc(N/N=C(/Sc2nc3c(sc4nc(C)cc(C)c43)c(=O)n2N)C(=O)c2ccccc2)cc1. The third-order valence-electron chi connectivity index (χ3n) is 5.54. The van der Waals surface area contributed by atoms with E-state index in [-0.39, 0.29) is 16.0 Å². The molecular formula is C26H22N6O2S2. The molecule has 36 heavy (non-hydrogen) atoms. The summed E-state index contributed by atoms with van der Waals surface area (Å²) >= 11 is 2.20. The van der Waals surface area contributed by atoms with Crippen molar-refractivity contribution in [3.8, 4) is 0 Å². The molecule has 0 amide bonds. The number of carbonyl (C=O) groups excluding carboxylic acids is 1. The van der Waals surface area contributed by atoms with Crippen LogP contribution >= 0.6 is 23.1 Å².